The van der Waals surface area contributed by atoms with Crippen LogP contribution in [0.3, 0.4) is 0 Å². The number of fused-ring (bicyclic) bond motifs is 3. The lowest BCUT2D eigenvalue weighted by Gasteiger charge is -2.28. The Balaban J connectivity index is 0.000000144. The number of rotatable bonds is 14. The zero-order valence-corrected chi connectivity index (χ0v) is 67.6. The van der Waals surface area contributed by atoms with Crippen LogP contribution in [0.4, 0.5) is 0 Å². The lowest BCUT2D eigenvalue weighted by atomic mass is 9.84. The molecular formula is C87H85Cl9N10O3. The van der Waals surface area contributed by atoms with Gasteiger partial charge in [-0.25, -0.2) is 19.1 Å². The summed E-state index contributed by atoms with van der Waals surface area (Å²) in [4.78, 5) is 40.8. The number of amides is 3. The molecule has 22 heteroatoms. The molecule has 1 aliphatic heterocycles. The van der Waals surface area contributed by atoms with Gasteiger partial charge in [0.15, 0.2) is 17.1 Å². The highest BCUT2D eigenvalue weighted by atomic mass is 35.5. The number of allylic oxidation sites excluding steroid dienone is 3. The zero-order chi connectivity index (χ0) is 76.2. The smallest absolute Gasteiger partial charge is 0.286 e. The van der Waals surface area contributed by atoms with Crippen LogP contribution >= 0.6 is 104 Å². The maximum absolute atomic E-state index is 13.7. The van der Waals surface area contributed by atoms with Crippen molar-refractivity contribution in [2.24, 2.45) is 5.92 Å². The normalized spacial score (nSPS) is 17.1. The minimum atomic E-state index is -0.204. The fraction of sp³-hybridized carbons (Fsp3) is 0.310. The van der Waals surface area contributed by atoms with Gasteiger partial charge in [-0.15, -0.1) is 0 Å². The van der Waals surface area contributed by atoms with Gasteiger partial charge >= 0.3 is 0 Å². The molecule has 1 saturated carbocycles. The first kappa shape index (κ1) is 79.5. The Hall–Kier alpha value is -7.63. The van der Waals surface area contributed by atoms with Gasteiger partial charge in [0.1, 0.15) is 0 Å². The number of nitrogens with zero attached hydrogens (tertiary/aromatic N) is 7. The van der Waals surface area contributed by atoms with Gasteiger partial charge in [0.25, 0.3) is 17.7 Å². The summed E-state index contributed by atoms with van der Waals surface area (Å²) < 4.78 is 5.48. The number of hydrazine groups is 1. The maximum atomic E-state index is 13.7. The van der Waals surface area contributed by atoms with Crippen LogP contribution in [-0.4, -0.2) is 71.2 Å². The Bertz CT molecular complexity index is 5020. The summed E-state index contributed by atoms with van der Waals surface area (Å²) in [6.45, 7) is 5.83. The third-order valence-electron chi connectivity index (χ3n) is 20.9. The summed E-state index contributed by atoms with van der Waals surface area (Å²) in [5.74, 6) is 0.0410. The minimum absolute atomic E-state index is 0.106. The van der Waals surface area contributed by atoms with Crippen LogP contribution in [0.25, 0.3) is 52.0 Å². The highest BCUT2D eigenvalue weighted by Crippen LogP contribution is 2.42. The Kier molecular flexibility index (Phi) is 27.1. The number of carbonyl (C=O) groups excluding carboxylic acids is 3. The van der Waals surface area contributed by atoms with Gasteiger partial charge in [-0.05, 0) is 271 Å². The van der Waals surface area contributed by atoms with E-state index >= 15 is 0 Å². The van der Waals surface area contributed by atoms with E-state index in [1.807, 2.05) is 147 Å². The highest BCUT2D eigenvalue weighted by molar-refractivity contribution is 6.37. The second-order valence-corrected chi connectivity index (χ2v) is 32.4. The molecule has 0 spiro atoms. The summed E-state index contributed by atoms with van der Waals surface area (Å²) in [5, 5.41) is 28.3. The SMILES string of the molecule is C[C@@H](NC(=O)c1nn(-c2ccc(Cl)cc2Cl)c2c1CCCC/C2=C\c1ccc(Cl)cc1)C1CCCCC1.C[C@@H](NC(=O)c1nn(-c2ccc(Cl)cc2Cl)c2c1CCCC/C2=C\c1ccc(Cl)cc1)c1ccccc1.O=C(NN1CCCCC1)c1nn(-c2ccc(Cl)cc2Cl)c2c1CCCC/C2=C\c1ccc(Cl)cc1. The lowest BCUT2D eigenvalue weighted by Crippen LogP contribution is -2.45. The third-order valence-corrected chi connectivity index (χ3v) is 23.3. The van der Waals surface area contributed by atoms with Crippen molar-refractivity contribution in [2.45, 2.75) is 154 Å². The molecule has 15 rings (SSSR count). The van der Waals surface area contributed by atoms with Crippen LogP contribution in [0, 0.1) is 5.92 Å². The van der Waals surface area contributed by atoms with E-state index in [2.05, 4.69) is 41.2 Å². The van der Waals surface area contributed by atoms with Gasteiger partial charge in [0, 0.05) is 66.0 Å². The summed E-state index contributed by atoms with van der Waals surface area (Å²) in [5.41, 5.74) is 19.8. The van der Waals surface area contributed by atoms with Crippen LogP contribution in [0.15, 0.2) is 158 Å². The summed E-state index contributed by atoms with van der Waals surface area (Å²) >= 11 is 56.9. The van der Waals surface area contributed by atoms with Gasteiger partial charge in [0.05, 0.1) is 55.3 Å². The molecule has 0 bridgehead atoms. The van der Waals surface area contributed by atoms with E-state index in [1.54, 1.807) is 36.4 Å². The Labute approximate surface area is 682 Å². The fourth-order valence-corrected chi connectivity index (χ4v) is 17.2. The second-order valence-electron chi connectivity index (χ2n) is 28.6. The molecule has 2 fully saturated rings. The monoisotopic (exact) mass is 1630 g/mol. The fourth-order valence-electron chi connectivity index (χ4n) is 15.3. The molecule has 3 aromatic heterocycles. The number of piperidine rings is 1. The van der Waals surface area contributed by atoms with E-state index in [4.69, 9.17) is 120 Å². The zero-order valence-electron chi connectivity index (χ0n) is 60.8. The quantitative estimate of drug-likeness (QED) is 0.0920. The maximum Gasteiger partial charge on any atom is 0.286 e. The molecule has 7 aromatic carbocycles. The van der Waals surface area contributed by atoms with Crippen molar-refractivity contribution in [3.63, 3.8) is 0 Å². The Morgan fingerprint density at radius 2 is 0.725 bits per heavy atom. The number of carbonyl (C=O) groups is 3. The molecule has 0 radical (unpaired) electrons. The first-order valence-electron chi connectivity index (χ1n) is 37.6. The number of hydrogen-bond donors (Lipinski definition) is 3. The molecule has 0 unspecified atom stereocenters. The molecule has 3 amide bonds. The predicted molar refractivity (Wildman–Crippen MR) is 450 cm³/mol. The average molecular weight is 1640 g/mol. The highest BCUT2D eigenvalue weighted by Gasteiger charge is 2.34. The Morgan fingerprint density at radius 3 is 1.10 bits per heavy atom. The first-order chi connectivity index (χ1) is 52.8. The van der Waals surface area contributed by atoms with E-state index in [9.17, 15) is 14.4 Å². The molecule has 2 atom stereocenters. The van der Waals surface area contributed by atoms with Crippen molar-refractivity contribution >= 4 is 157 Å². The predicted octanol–water partition coefficient (Wildman–Crippen LogP) is 24.6. The van der Waals surface area contributed by atoms with E-state index < -0.39 is 0 Å². The van der Waals surface area contributed by atoms with Crippen LogP contribution in [0.2, 0.25) is 45.2 Å². The van der Waals surface area contributed by atoms with Crippen molar-refractivity contribution in [2.75, 3.05) is 13.1 Å². The van der Waals surface area contributed by atoms with E-state index in [1.165, 1.54) is 38.5 Å². The summed E-state index contributed by atoms with van der Waals surface area (Å²) in [6.07, 6.45) is 26.9. The van der Waals surface area contributed by atoms with Crippen molar-refractivity contribution in [1.29, 1.82) is 0 Å². The third kappa shape index (κ3) is 19.6. The molecule has 1 saturated heterocycles. The topological polar surface area (TPSA) is 144 Å². The summed E-state index contributed by atoms with van der Waals surface area (Å²) in [6, 6.07) is 49.3. The molecule has 5 aliphatic rings. The van der Waals surface area contributed by atoms with Crippen molar-refractivity contribution in [3.05, 3.63) is 276 Å². The minimum Gasteiger partial charge on any atom is -0.348 e. The number of halogens is 9. The molecule has 109 heavy (non-hydrogen) atoms. The van der Waals surface area contributed by atoms with Gasteiger partial charge in [-0.2, -0.15) is 15.3 Å². The summed E-state index contributed by atoms with van der Waals surface area (Å²) in [7, 11) is 0. The van der Waals surface area contributed by atoms with Crippen molar-refractivity contribution in [3.8, 4) is 17.1 Å². The van der Waals surface area contributed by atoms with Crippen molar-refractivity contribution in [1.82, 2.24) is 50.4 Å². The van der Waals surface area contributed by atoms with E-state index in [0.717, 1.165) is 176 Å². The van der Waals surface area contributed by atoms with Gasteiger partial charge in [0.2, 0.25) is 0 Å². The van der Waals surface area contributed by atoms with Gasteiger partial charge < -0.3 is 10.6 Å². The molecule has 13 nitrogen and oxygen atoms in total. The number of benzene rings is 7. The number of nitrogens with one attached hydrogen (secondary N) is 3. The Morgan fingerprint density at radius 1 is 0.385 bits per heavy atom. The molecule has 4 heterocycles. The standard InChI is InChI=1S/C30H32Cl3N3O.C30H26Cl3N3O.C27H27Cl3N4O/c2*1-19(21-7-3-2-4-8-21)34-30(37)28-25-10-6-5-9-22(17-20-11-13-23(31)14-12-20)29(25)36(35-28)27-16-15-24(32)18-26(27)33;28-20-10-8-18(9-11-20)16-19-6-2-3-7-22-25(27(35)32-33-14-4-1-5-15-33)31-34(26(19)22)24-13-12-21(29)17-23(24)30/h11-19,21H,2-10H2,1H3,(H,34,37);2-4,7-8,11-19H,5-6,9-10H2,1H3,(H,34,37);8-13,16-17H,1-7,14-15H2,(H,32,35)/b2*22-17+;19-16+/t2*19-;/m11./s1. The van der Waals surface area contributed by atoms with Gasteiger partial charge in [-0.3, -0.25) is 19.8 Å². The largest absolute Gasteiger partial charge is 0.348 e. The second kappa shape index (κ2) is 37.1. The van der Waals surface area contributed by atoms with Gasteiger partial charge in [-0.1, -0.05) is 197 Å². The van der Waals surface area contributed by atoms with Crippen LogP contribution in [-0.2, 0) is 19.3 Å². The molecule has 10 aromatic rings. The molecular weight excluding hydrogens is 1550 g/mol. The van der Waals surface area contributed by atoms with Crippen LogP contribution in [0.5, 0.6) is 0 Å². The molecule has 4 aliphatic carbocycles. The number of aromatic nitrogens is 6. The number of hydrogen-bond acceptors (Lipinski definition) is 7. The lowest BCUT2D eigenvalue weighted by molar-refractivity contribution is 0.0742. The molecule has 564 valence electrons. The van der Waals surface area contributed by atoms with Crippen molar-refractivity contribution < 1.29 is 14.4 Å². The first-order valence-corrected chi connectivity index (χ1v) is 41.0. The average Bonchev–Trinajstić information content (AvgIpc) is 1.63. The van der Waals surface area contributed by atoms with E-state index in [0.29, 0.717) is 85.3 Å². The van der Waals surface area contributed by atoms with Crippen LogP contribution in [0.1, 0.15) is 217 Å². The van der Waals surface area contributed by atoms with E-state index in [-0.39, 0.29) is 29.8 Å². The molecule has 3 N–H and O–H groups in total. The van der Waals surface area contributed by atoms with Crippen LogP contribution < -0.4 is 16.1 Å².